The van der Waals surface area contributed by atoms with Crippen LogP contribution in [0.25, 0.3) is 0 Å². The third kappa shape index (κ3) is 3.17. The van der Waals surface area contributed by atoms with Crippen LogP contribution < -0.4 is 4.90 Å². The maximum Gasteiger partial charge on any atom is 0.341 e. The van der Waals surface area contributed by atoms with Crippen molar-refractivity contribution in [2.45, 2.75) is 12.5 Å². The zero-order valence-corrected chi connectivity index (χ0v) is 13.9. The highest BCUT2D eigenvalue weighted by Crippen LogP contribution is 2.29. The molecule has 0 N–H and O–H groups in total. The fraction of sp³-hybridized carbons (Fsp3) is 0.333. The number of aromatic nitrogens is 2. The zero-order valence-electron chi connectivity index (χ0n) is 13.9. The average Bonchev–Trinajstić information content (AvgIpc) is 3.19. The molecule has 1 aromatic carbocycles. The van der Waals surface area contributed by atoms with E-state index < -0.39 is 0 Å². The number of carbonyl (C=O) groups excluding carboxylic acids is 1. The molecule has 2 aliphatic rings. The van der Waals surface area contributed by atoms with Crippen LogP contribution in [0.3, 0.4) is 0 Å². The molecule has 7 nitrogen and oxygen atoms in total. The maximum atomic E-state index is 12.9. The Morgan fingerprint density at radius 1 is 1.00 bits per heavy atom. The SMILES string of the molecule is O=C(N1CCN(c2cccnn2)CC1)N1N=CCC1c1ccccc1. The molecule has 1 aromatic heterocycles. The van der Waals surface area contributed by atoms with Crippen LogP contribution in [0.4, 0.5) is 10.6 Å². The largest absolute Gasteiger partial charge is 0.352 e. The van der Waals surface area contributed by atoms with E-state index in [-0.39, 0.29) is 12.1 Å². The number of urea groups is 1. The number of anilines is 1. The summed E-state index contributed by atoms with van der Waals surface area (Å²) in [6.07, 6.45) is 4.25. The Hall–Kier alpha value is -2.96. The minimum absolute atomic E-state index is 0.00767. The molecule has 0 bridgehead atoms. The van der Waals surface area contributed by atoms with E-state index in [4.69, 9.17) is 0 Å². The molecule has 1 saturated heterocycles. The summed E-state index contributed by atoms with van der Waals surface area (Å²) in [7, 11) is 0. The zero-order chi connectivity index (χ0) is 17.1. The predicted octanol–water partition coefficient (Wildman–Crippen LogP) is 2.15. The number of piperazine rings is 1. The summed E-state index contributed by atoms with van der Waals surface area (Å²) in [6.45, 7) is 2.81. The van der Waals surface area contributed by atoms with Gasteiger partial charge in [0.25, 0.3) is 0 Å². The van der Waals surface area contributed by atoms with Gasteiger partial charge in [0.05, 0.1) is 6.04 Å². The van der Waals surface area contributed by atoms with Crippen LogP contribution >= 0.6 is 0 Å². The highest BCUT2D eigenvalue weighted by atomic mass is 16.2. The number of carbonyl (C=O) groups is 1. The van der Waals surface area contributed by atoms with Crippen molar-refractivity contribution in [3.63, 3.8) is 0 Å². The van der Waals surface area contributed by atoms with Gasteiger partial charge in [0.15, 0.2) is 5.82 Å². The molecule has 2 aromatic rings. The summed E-state index contributed by atoms with van der Waals surface area (Å²) in [5.41, 5.74) is 1.12. The second-order valence-corrected chi connectivity index (χ2v) is 6.14. The molecule has 0 saturated carbocycles. The number of rotatable bonds is 2. The Balaban J connectivity index is 1.41. The van der Waals surface area contributed by atoms with Crippen molar-refractivity contribution in [1.29, 1.82) is 0 Å². The highest BCUT2D eigenvalue weighted by molar-refractivity contribution is 5.78. The topological polar surface area (TPSA) is 64.9 Å². The third-order valence-electron chi connectivity index (χ3n) is 4.64. The molecule has 1 atom stereocenters. The first-order chi connectivity index (χ1) is 12.3. The van der Waals surface area contributed by atoms with Crippen LogP contribution in [0.2, 0.25) is 0 Å². The van der Waals surface area contributed by atoms with E-state index in [9.17, 15) is 4.79 Å². The molecule has 0 aliphatic carbocycles. The number of nitrogens with zero attached hydrogens (tertiary/aromatic N) is 6. The van der Waals surface area contributed by atoms with E-state index in [0.717, 1.165) is 30.9 Å². The van der Waals surface area contributed by atoms with E-state index in [1.54, 1.807) is 11.2 Å². The molecule has 7 heteroatoms. The Labute approximate surface area is 146 Å². The Morgan fingerprint density at radius 2 is 1.80 bits per heavy atom. The van der Waals surface area contributed by atoms with Gasteiger partial charge in [-0.05, 0) is 17.7 Å². The van der Waals surface area contributed by atoms with Crippen molar-refractivity contribution >= 4 is 18.1 Å². The van der Waals surface area contributed by atoms with Crippen molar-refractivity contribution in [3.8, 4) is 0 Å². The van der Waals surface area contributed by atoms with E-state index in [1.165, 1.54) is 0 Å². The van der Waals surface area contributed by atoms with Gasteiger partial charge in [-0.25, -0.2) is 9.80 Å². The molecular weight excluding hydrogens is 316 g/mol. The van der Waals surface area contributed by atoms with E-state index >= 15 is 0 Å². The first kappa shape index (κ1) is 15.6. The van der Waals surface area contributed by atoms with Crippen molar-refractivity contribution < 1.29 is 4.79 Å². The van der Waals surface area contributed by atoms with Gasteiger partial charge in [-0.15, -0.1) is 5.10 Å². The molecule has 1 unspecified atom stereocenters. The van der Waals surface area contributed by atoms with Gasteiger partial charge >= 0.3 is 6.03 Å². The molecule has 1 fully saturated rings. The van der Waals surface area contributed by atoms with E-state index in [1.807, 2.05) is 53.6 Å². The van der Waals surface area contributed by atoms with Crippen LogP contribution in [0, 0.1) is 0 Å². The van der Waals surface area contributed by atoms with Crippen LogP contribution in [-0.4, -0.2) is 58.5 Å². The van der Waals surface area contributed by atoms with Crippen LogP contribution in [0.1, 0.15) is 18.0 Å². The lowest BCUT2D eigenvalue weighted by Crippen LogP contribution is -2.52. The monoisotopic (exact) mass is 336 g/mol. The van der Waals surface area contributed by atoms with Crippen molar-refractivity contribution in [1.82, 2.24) is 20.1 Å². The lowest BCUT2D eigenvalue weighted by atomic mass is 10.1. The first-order valence-electron chi connectivity index (χ1n) is 8.51. The van der Waals surface area contributed by atoms with Gasteiger partial charge in [0.1, 0.15) is 0 Å². The number of hydrogen-bond donors (Lipinski definition) is 0. The maximum absolute atomic E-state index is 12.9. The van der Waals surface area contributed by atoms with Gasteiger partial charge < -0.3 is 9.80 Å². The molecule has 0 spiro atoms. The second kappa shape index (κ2) is 6.88. The fourth-order valence-electron chi connectivity index (χ4n) is 3.28. The van der Waals surface area contributed by atoms with Gasteiger partial charge in [-0.2, -0.15) is 10.2 Å². The minimum atomic E-state index is -0.0265. The Bertz CT molecular complexity index is 743. The summed E-state index contributed by atoms with van der Waals surface area (Å²) >= 11 is 0. The van der Waals surface area contributed by atoms with Crippen LogP contribution in [0.5, 0.6) is 0 Å². The summed E-state index contributed by atoms with van der Waals surface area (Å²) in [5.74, 6) is 0.857. The highest BCUT2D eigenvalue weighted by Gasteiger charge is 2.33. The quantitative estimate of drug-likeness (QED) is 0.843. The second-order valence-electron chi connectivity index (χ2n) is 6.14. The molecule has 128 valence electrons. The molecule has 2 aliphatic heterocycles. The van der Waals surface area contributed by atoms with E-state index in [0.29, 0.717) is 13.1 Å². The number of hydrazone groups is 1. The summed E-state index contributed by atoms with van der Waals surface area (Å²) in [4.78, 5) is 16.9. The molecule has 0 radical (unpaired) electrons. The normalized spacial score (nSPS) is 20.2. The van der Waals surface area contributed by atoms with Crippen LogP contribution in [0.15, 0.2) is 53.8 Å². The summed E-state index contributed by atoms with van der Waals surface area (Å²) < 4.78 is 0. The molecular formula is C18H20N6O. The molecule has 3 heterocycles. The van der Waals surface area contributed by atoms with Gasteiger partial charge in [-0.1, -0.05) is 30.3 Å². The van der Waals surface area contributed by atoms with Gasteiger partial charge in [-0.3, -0.25) is 0 Å². The Kier molecular flexibility index (Phi) is 4.28. The van der Waals surface area contributed by atoms with Crippen LogP contribution in [-0.2, 0) is 0 Å². The first-order valence-corrected chi connectivity index (χ1v) is 8.51. The minimum Gasteiger partial charge on any atom is -0.352 e. The third-order valence-corrected chi connectivity index (χ3v) is 4.64. The van der Waals surface area contributed by atoms with Gasteiger partial charge in [0, 0.05) is 45.0 Å². The van der Waals surface area contributed by atoms with E-state index in [2.05, 4.69) is 20.2 Å². The molecule has 2 amide bonds. The van der Waals surface area contributed by atoms with Crippen molar-refractivity contribution in [2.24, 2.45) is 5.10 Å². The smallest absolute Gasteiger partial charge is 0.341 e. The molecule has 25 heavy (non-hydrogen) atoms. The predicted molar refractivity (Wildman–Crippen MR) is 95.3 cm³/mol. The van der Waals surface area contributed by atoms with Crippen molar-refractivity contribution in [3.05, 3.63) is 54.2 Å². The number of amides is 2. The average molecular weight is 336 g/mol. The number of benzene rings is 1. The Morgan fingerprint density at radius 3 is 2.52 bits per heavy atom. The molecule has 4 rings (SSSR count). The number of hydrogen-bond acceptors (Lipinski definition) is 5. The standard InChI is InChI=1S/C18H20N6O/c25-18(24-16(8-10-20-24)15-5-2-1-3-6-15)23-13-11-22(12-14-23)17-7-4-9-19-21-17/h1-7,9-10,16H,8,11-14H2. The summed E-state index contributed by atoms with van der Waals surface area (Å²) in [6, 6.07) is 13.9. The lowest BCUT2D eigenvalue weighted by molar-refractivity contribution is 0.139. The summed E-state index contributed by atoms with van der Waals surface area (Å²) in [5, 5.41) is 14.0. The lowest BCUT2D eigenvalue weighted by Gasteiger charge is -2.37. The van der Waals surface area contributed by atoms with Crippen molar-refractivity contribution in [2.75, 3.05) is 31.1 Å². The van der Waals surface area contributed by atoms with Gasteiger partial charge in [0.2, 0.25) is 0 Å². The fourth-order valence-corrected chi connectivity index (χ4v) is 3.28.